The maximum absolute atomic E-state index is 12.2. The van der Waals surface area contributed by atoms with Gasteiger partial charge in [-0.3, -0.25) is 0 Å². The van der Waals surface area contributed by atoms with E-state index in [1.165, 1.54) is 0 Å². The minimum atomic E-state index is -4.16. The zero-order chi connectivity index (χ0) is 16.8. The summed E-state index contributed by atoms with van der Waals surface area (Å²) in [4.78, 5) is 0. The number of rotatable bonds is 7. The van der Waals surface area contributed by atoms with Crippen molar-refractivity contribution in [2.24, 2.45) is 17.8 Å². The fourth-order valence-corrected chi connectivity index (χ4v) is 3.51. The molecule has 2 unspecified atom stereocenters. The zero-order valence-corrected chi connectivity index (χ0v) is 12.5. The highest BCUT2D eigenvalue weighted by molar-refractivity contribution is 4.79. The van der Waals surface area contributed by atoms with E-state index in [1.807, 2.05) is 0 Å². The lowest BCUT2D eigenvalue weighted by Gasteiger charge is -2.34. The van der Waals surface area contributed by atoms with Crippen LogP contribution in [0.3, 0.4) is 0 Å². The van der Waals surface area contributed by atoms with Crippen molar-refractivity contribution < 1.29 is 31.4 Å². The van der Waals surface area contributed by atoms with Gasteiger partial charge in [0.15, 0.2) is 0 Å². The Morgan fingerprint density at radius 3 is 1.36 bits per heavy atom. The second-order valence-electron chi connectivity index (χ2n) is 6.50. The number of aliphatic hydroxyl groups is 1. The SMILES string of the molecule is OCC1CC(CCCC(F)(F)F)CC(CCCC(F)(F)F)C1. The van der Waals surface area contributed by atoms with Crippen molar-refractivity contribution in [3.63, 3.8) is 0 Å². The molecule has 0 aromatic rings. The van der Waals surface area contributed by atoms with E-state index < -0.39 is 25.2 Å². The molecule has 1 fully saturated rings. The third-order valence-corrected chi connectivity index (χ3v) is 4.40. The summed E-state index contributed by atoms with van der Waals surface area (Å²) in [5.41, 5.74) is 0. The Kier molecular flexibility index (Phi) is 7.49. The van der Waals surface area contributed by atoms with Crippen LogP contribution in [0.25, 0.3) is 0 Å². The van der Waals surface area contributed by atoms with Crippen LogP contribution in [-0.2, 0) is 0 Å². The van der Waals surface area contributed by atoms with Gasteiger partial charge in [0.1, 0.15) is 0 Å². The van der Waals surface area contributed by atoms with Crippen LogP contribution in [0.5, 0.6) is 0 Å². The molecule has 0 saturated heterocycles. The van der Waals surface area contributed by atoms with Gasteiger partial charge in [-0.25, -0.2) is 0 Å². The number of alkyl halides is 6. The summed E-state index contributed by atoms with van der Waals surface area (Å²) in [7, 11) is 0. The largest absolute Gasteiger partial charge is 0.396 e. The fraction of sp³-hybridized carbons (Fsp3) is 1.00. The first-order valence-electron chi connectivity index (χ1n) is 7.83. The summed E-state index contributed by atoms with van der Waals surface area (Å²) in [6.07, 6.45) is -6.90. The average Bonchev–Trinajstić information content (AvgIpc) is 2.35. The van der Waals surface area contributed by atoms with Gasteiger partial charge in [-0.05, 0) is 49.9 Å². The standard InChI is InChI=1S/C15H24F6O/c16-14(17,18)5-1-3-11-7-12(9-13(8-11)10-22)4-2-6-15(19,20)21/h11-13,22H,1-10H2. The van der Waals surface area contributed by atoms with Gasteiger partial charge in [-0.1, -0.05) is 12.8 Å². The van der Waals surface area contributed by atoms with Crippen LogP contribution in [0, 0.1) is 17.8 Å². The van der Waals surface area contributed by atoms with E-state index >= 15 is 0 Å². The summed E-state index contributed by atoms with van der Waals surface area (Å²) >= 11 is 0. The molecule has 1 aliphatic rings. The fourth-order valence-electron chi connectivity index (χ4n) is 3.51. The number of halogens is 6. The summed E-state index contributed by atoms with van der Waals surface area (Å²) < 4.78 is 73.0. The molecule has 0 heterocycles. The molecule has 0 amide bonds. The van der Waals surface area contributed by atoms with E-state index in [0.717, 1.165) is 0 Å². The number of hydrogen-bond donors (Lipinski definition) is 1. The van der Waals surface area contributed by atoms with Gasteiger partial charge >= 0.3 is 12.4 Å². The van der Waals surface area contributed by atoms with Crippen molar-refractivity contribution in [1.82, 2.24) is 0 Å². The third-order valence-electron chi connectivity index (χ3n) is 4.40. The highest BCUT2D eigenvalue weighted by Crippen LogP contribution is 2.39. The van der Waals surface area contributed by atoms with Gasteiger partial charge < -0.3 is 5.11 Å². The topological polar surface area (TPSA) is 20.2 Å². The van der Waals surface area contributed by atoms with Crippen LogP contribution in [0.1, 0.15) is 57.8 Å². The number of hydrogen-bond acceptors (Lipinski definition) is 1. The van der Waals surface area contributed by atoms with Crippen molar-refractivity contribution in [3.05, 3.63) is 0 Å². The van der Waals surface area contributed by atoms with Crippen LogP contribution < -0.4 is 0 Å². The lowest BCUT2D eigenvalue weighted by atomic mass is 9.72. The number of aliphatic hydroxyl groups excluding tert-OH is 1. The van der Waals surface area contributed by atoms with Crippen LogP contribution in [-0.4, -0.2) is 24.1 Å². The van der Waals surface area contributed by atoms with Crippen LogP contribution in [0.15, 0.2) is 0 Å². The van der Waals surface area contributed by atoms with E-state index in [2.05, 4.69) is 0 Å². The molecule has 0 bridgehead atoms. The highest BCUT2D eigenvalue weighted by atomic mass is 19.4. The van der Waals surface area contributed by atoms with E-state index in [9.17, 15) is 31.4 Å². The quantitative estimate of drug-likeness (QED) is 0.612. The van der Waals surface area contributed by atoms with Gasteiger partial charge in [0.2, 0.25) is 0 Å². The molecule has 0 aromatic heterocycles. The molecular weight excluding hydrogens is 310 g/mol. The Balaban J connectivity index is 2.37. The van der Waals surface area contributed by atoms with Gasteiger partial charge in [0.05, 0.1) is 0 Å². The summed E-state index contributed by atoms with van der Waals surface area (Å²) in [5, 5.41) is 9.28. The molecule has 2 atom stereocenters. The molecule has 0 aliphatic heterocycles. The van der Waals surface area contributed by atoms with E-state index in [1.54, 1.807) is 0 Å². The summed E-state index contributed by atoms with van der Waals surface area (Å²) in [6.45, 7) is -0.0362. The molecule has 0 aromatic carbocycles. The predicted octanol–water partition coefficient (Wildman–Crippen LogP) is 5.48. The van der Waals surface area contributed by atoms with Gasteiger partial charge in [0, 0.05) is 19.4 Å². The zero-order valence-electron chi connectivity index (χ0n) is 12.5. The molecule has 1 rings (SSSR count). The lowest BCUT2D eigenvalue weighted by molar-refractivity contribution is -0.136. The second kappa shape index (κ2) is 8.41. The highest BCUT2D eigenvalue weighted by Gasteiger charge is 2.32. The van der Waals surface area contributed by atoms with Gasteiger partial charge in [-0.2, -0.15) is 26.3 Å². The predicted molar refractivity (Wildman–Crippen MR) is 71.2 cm³/mol. The Bertz CT molecular complexity index is 284. The van der Waals surface area contributed by atoms with Crippen LogP contribution >= 0.6 is 0 Å². The smallest absolute Gasteiger partial charge is 0.389 e. The van der Waals surface area contributed by atoms with Crippen molar-refractivity contribution in [2.75, 3.05) is 6.61 Å². The van der Waals surface area contributed by atoms with E-state index in [4.69, 9.17) is 0 Å². The van der Waals surface area contributed by atoms with Crippen molar-refractivity contribution in [3.8, 4) is 0 Å². The molecule has 1 aliphatic carbocycles. The Morgan fingerprint density at radius 1 is 0.682 bits per heavy atom. The van der Waals surface area contributed by atoms with Crippen molar-refractivity contribution in [1.29, 1.82) is 0 Å². The maximum atomic E-state index is 12.2. The van der Waals surface area contributed by atoms with Crippen molar-refractivity contribution in [2.45, 2.75) is 70.1 Å². The average molecular weight is 334 g/mol. The molecule has 1 N–H and O–H groups in total. The molecule has 0 spiro atoms. The Morgan fingerprint density at radius 2 is 1.05 bits per heavy atom. The molecule has 1 saturated carbocycles. The van der Waals surface area contributed by atoms with E-state index in [-0.39, 0.29) is 37.2 Å². The monoisotopic (exact) mass is 334 g/mol. The third kappa shape index (κ3) is 8.86. The first kappa shape index (κ1) is 19.6. The van der Waals surface area contributed by atoms with Gasteiger partial charge in [-0.15, -0.1) is 0 Å². The minimum Gasteiger partial charge on any atom is -0.396 e. The summed E-state index contributed by atoms with van der Waals surface area (Å²) in [5.74, 6) is 0.189. The molecular formula is C15H24F6O. The Labute approximate surface area is 127 Å². The van der Waals surface area contributed by atoms with Crippen LogP contribution in [0.2, 0.25) is 0 Å². The normalized spacial score (nSPS) is 27.1. The Hall–Kier alpha value is -0.460. The van der Waals surface area contributed by atoms with E-state index in [0.29, 0.717) is 32.1 Å². The molecule has 0 radical (unpaired) electrons. The molecule has 1 nitrogen and oxygen atoms in total. The first-order chi connectivity index (χ1) is 10.1. The lowest BCUT2D eigenvalue weighted by Crippen LogP contribution is -2.25. The second-order valence-corrected chi connectivity index (χ2v) is 6.50. The van der Waals surface area contributed by atoms with Crippen molar-refractivity contribution >= 4 is 0 Å². The molecule has 22 heavy (non-hydrogen) atoms. The molecule has 132 valence electrons. The summed E-state index contributed by atoms with van der Waals surface area (Å²) in [6, 6.07) is 0. The first-order valence-corrected chi connectivity index (χ1v) is 7.83. The minimum absolute atomic E-state index is 0.0144. The maximum Gasteiger partial charge on any atom is 0.389 e. The van der Waals surface area contributed by atoms with Crippen LogP contribution in [0.4, 0.5) is 26.3 Å². The van der Waals surface area contributed by atoms with Gasteiger partial charge in [0.25, 0.3) is 0 Å². The molecule has 7 heteroatoms.